The Bertz CT molecular complexity index is 380. The summed E-state index contributed by atoms with van der Waals surface area (Å²) in [4.78, 5) is 0. The molecule has 1 saturated carbocycles. The van der Waals surface area contributed by atoms with Crippen LogP contribution in [0.3, 0.4) is 0 Å². The molecule has 106 valence electrons. The first-order valence-corrected chi connectivity index (χ1v) is 7.04. The quantitative estimate of drug-likeness (QED) is 0.832. The molecule has 1 unspecified atom stereocenters. The Morgan fingerprint density at radius 2 is 2.00 bits per heavy atom. The van der Waals surface area contributed by atoms with Crippen LogP contribution in [0.4, 0.5) is 4.39 Å². The summed E-state index contributed by atoms with van der Waals surface area (Å²) in [5.74, 6) is -0.200. The predicted molar refractivity (Wildman–Crippen MR) is 72.8 cm³/mol. The molecule has 0 amide bonds. The molecule has 1 aliphatic carbocycles. The van der Waals surface area contributed by atoms with E-state index in [1.807, 2.05) is 0 Å². The summed E-state index contributed by atoms with van der Waals surface area (Å²) < 4.78 is 18.6. The van der Waals surface area contributed by atoms with Gasteiger partial charge in [0.15, 0.2) is 11.6 Å². The van der Waals surface area contributed by atoms with Crippen LogP contribution in [-0.4, -0.2) is 30.4 Å². The van der Waals surface area contributed by atoms with E-state index in [9.17, 15) is 9.50 Å². The van der Waals surface area contributed by atoms with Crippen LogP contribution in [0.25, 0.3) is 0 Å². The minimum Gasteiger partial charge on any atom is -0.488 e. The van der Waals surface area contributed by atoms with E-state index in [-0.39, 0.29) is 12.4 Å². The van der Waals surface area contributed by atoms with Crippen molar-refractivity contribution in [2.24, 2.45) is 0 Å². The molecule has 0 saturated heterocycles. The van der Waals surface area contributed by atoms with E-state index in [2.05, 4.69) is 5.32 Å². The first-order chi connectivity index (χ1) is 9.25. The van der Waals surface area contributed by atoms with Gasteiger partial charge in [0, 0.05) is 12.6 Å². The molecule has 4 heteroatoms. The van der Waals surface area contributed by atoms with Gasteiger partial charge >= 0.3 is 0 Å². The molecule has 1 aromatic carbocycles. The van der Waals surface area contributed by atoms with Crippen molar-refractivity contribution >= 4 is 0 Å². The van der Waals surface area contributed by atoms with Crippen molar-refractivity contribution in [1.29, 1.82) is 0 Å². The molecule has 0 bridgehead atoms. The van der Waals surface area contributed by atoms with Gasteiger partial charge in [0.25, 0.3) is 0 Å². The first kappa shape index (κ1) is 14.3. The Kier molecular flexibility index (Phi) is 5.61. The molecule has 2 rings (SSSR count). The summed E-state index contributed by atoms with van der Waals surface area (Å²) in [5, 5.41) is 13.2. The SMILES string of the molecule is OC(CNC1CCCCC1)COc1ccccc1F. The number of hydrogen-bond donors (Lipinski definition) is 2. The molecule has 1 aromatic rings. The van der Waals surface area contributed by atoms with Crippen molar-refractivity contribution in [2.75, 3.05) is 13.2 Å². The number of halogens is 1. The number of rotatable bonds is 6. The number of ether oxygens (including phenoxy) is 1. The second kappa shape index (κ2) is 7.46. The average molecular weight is 267 g/mol. The number of benzene rings is 1. The molecular weight excluding hydrogens is 245 g/mol. The van der Waals surface area contributed by atoms with Gasteiger partial charge in [-0.3, -0.25) is 0 Å². The van der Waals surface area contributed by atoms with Crippen LogP contribution in [0.15, 0.2) is 24.3 Å². The summed E-state index contributed by atoms with van der Waals surface area (Å²) in [7, 11) is 0. The average Bonchev–Trinajstić information content (AvgIpc) is 2.45. The molecule has 3 nitrogen and oxygen atoms in total. The van der Waals surface area contributed by atoms with Crippen LogP contribution >= 0.6 is 0 Å². The molecule has 0 aliphatic heterocycles. The number of hydrogen-bond acceptors (Lipinski definition) is 3. The largest absolute Gasteiger partial charge is 0.488 e. The second-order valence-corrected chi connectivity index (χ2v) is 5.14. The van der Waals surface area contributed by atoms with Gasteiger partial charge in [0.1, 0.15) is 12.7 Å². The first-order valence-electron chi connectivity index (χ1n) is 7.04. The van der Waals surface area contributed by atoms with Crippen molar-refractivity contribution in [2.45, 2.75) is 44.2 Å². The van der Waals surface area contributed by atoms with Crippen molar-refractivity contribution in [3.05, 3.63) is 30.1 Å². The topological polar surface area (TPSA) is 41.5 Å². The normalized spacial score (nSPS) is 18.2. The fourth-order valence-electron chi connectivity index (χ4n) is 2.42. The highest BCUT2D eigenvalue weighted by atomic mass is 19.1. The lowest BCUT2D eigenvalue weighted by Gasteiger charge is -2.24. The zero-order chi connectivity index (χ0) is 13.5. The van der Waals surface area contributed by atoms with E-state index in [1.54, 1.807) is 18.2 Å². The van der Waals surface area contributed by atoms with Crippen molar-refractivity contribution in [3.63, 3.8) is 0 Å². The third-order valence-corrected chi connectivity index (χ3v) is 3.52. The highest BCUT2D eigenvalue weighted by Gasteiger charge is 2.14. The van der Waals surface area contributed by atoms with Gasteiger partial charge < -0.3 is 15.2 Å². The fraction of sp³-hybridized carbons (Fsp3) is 0.600. The summed E-state index contributed by atoms with van der Waals surface area (Å²) in [5.41, 5.74) is 0. The molecule has 0 radical (unpaired) electrons. The zero-order valence-electron chi connectivity index (χ0n) is 11.1. The Labute approximate surface area is 113 Å². The molecule has 2 N–H and O–H groups in total. The molecule has 1 fully saturated rings. The van der Waals surface area contributed by atoms with Gasteiger partial charge in [-0.15, -0.1) is 0 Å². The molecule has 0 spiro atoms. The molecular formula is C15H22FNO2. The van der Waals surface area contributed by atoms with Crippen molar-refractivity contribution in [1.82, 2.24) is 5.32 Å². The molecule has 0 aromatic heterocycles. The zero-order valence-corrected chi connectivity index (χ0v) is 11.1. The maximum absolute atomic E-state index is 13.3. The van der Waals surface area contributed by atoms with Crippen molar-refractivity contribution in [3.8, 4) is 5.75 Å². The van der Waals surface area contributed by atoms with Crippen molar-refractivity contribution < 1.29 is 14.2 Å². The van der Waals surface area contributed by atoms with Crippen LogP contribution in [-0.2, 0) is 0 Å². The van der Waals surface area contributed by atoms with Crippen LogP contribution in [0.5, 0.6) is 5.75 Å². The van der Waals surface area contributed by atoms with Crippen LogP contribution in [0, 0.1) is 5.82 Å². The van der Waals surface area contributed by atoms with Gasteiger partial charge in [0.05, 0.1) is 0 Å². The third-order valence-electron chi connectivity index (χ3n) is 3.52. The monoisotopic (exact) mass is 267 g/mol. The lowest BCUT2D eigenvalue weighted by molar-refractivity contribution is 0.0996. The number of para-hydroxylation sites is 1. The van der Waals surface area contributed by atoms with Crippen LogP contribution < -0.4 is 10.1 Å². The van der Waals surface area contributed by atoms with Crippen LogP contribution in [0.2, 0.25) is 0 Å². The van der Waals surface area contributed by atoms with Gasteiger partial charge in [-0.1, -0.05) is 31.4 Å². The fourth-order valence-corrected chi connectivity index (χ4v) is 2.42. The minimum atomic E-state index is -0.610. The van der Waals surface area contributed by atoms with Gasteiger partial charge in [-0.25, -0.2) is 4.39 Å². The molecule has 0 heterocycles. The van der Waals surface area contributed by atoms with Crippen LogP contribution in [0.1, 0.15) is 32.1 Å². The van der Waals surface area contributed by atoms with Gasteiger partial charge in [-0.05, 0) is 25.0 Å². The van der Waals surface area contributed by atoms with E-state index >= 15 is 0 Å². The lowest BCUT2D eigenvalue weighted by atomic mass is 9.95. The summed E-state index contributed by atoms with van der Waals surface area (Å²) in [6.45, 7) is 0.611. The van der Waals surface area contributed by atoms with E-state index in [4.69, 9.17) is 4.74 Å². The number of aliphatic hydroxyl groups excluding tert-OH is 1. The van der Waals surface area contributed by atoms with E-state index in [0.717, 1.165) is 0 Å². The highest BCUT2D eigenvalue weighted by Crippen LogP contribution is 2.17. The summed E-state index contributed by atoms with van der Waals surface area (Å²) >= 11 is 0. The minimum absolute atomic E-state index is 0.112. The molecule has 1 aliphatic rings. The Balaban J connectivity index is 1.66. The predicted octanol–water partition coefficient (Wildman–Crippen LogP) is 2.49. The summed E-state index contributed by atoms with van der Waals surface area (Å²) in [6.07, 6.45) is 5.60. The Morgan fingerprint density at radius 3 is 2.74 bits per heavy atom. The maximum Gasteiger partial charge on any atom is 0.165 e. The van der Waals surface area contributed by atoms with E-state index in [1.165, 1.54) is 38.2 Å². The van der Waals surface area contributed by atoms with E-state index < -0.39 is 11.9 Å². The molecule has 19 heavy (non-hydrogen) atoms. The third kappa shape index (κ3) is 4.80. The number of aliphatic hydroxyl groups is 1. The smallest absolute Gasteiger partial charge is 0.165 e. The van der Waals surface area contributed by atoms with Gasteiger partial charge in [0.2, 0.25) is 0 Å². The standard InChI is InChI=1S/C15H22FNO2/c16-14-8-4-5-9-15(14)19-11-13(18)10-17-12-6-2-1-3-7-12/h4-5,8-9,12-13,17-18H,1-3,6-7,10-11H2. The molecule has 1 atom stereocenters. The Morgan fingerprint density at radius 1 is 1.26 bits per heavy atom. The second-order valence-electron chi connectivity index (χ2n) is 5.14. The summed E-state index contributed by atoms with van der Waals surface area (Å²) in [6, 6.07) is 6.75. The Hall–Kier alpha value is -1.13. The van der Waals surface area contributed by atoms with E-state index in [0.29, 0.717) is 12.6 Å². The number of nitrogens with one attached hydrogen (secondary N) is 1. The highest BCUT2D eigenvalue weighted by molar-refractivity contribution is 5.23. The maximum atomic E-state index is 13.3. The van der Waals surface area contributed by atoms with Gasteiger partial charge in [-0.2, -0.15) is 0 Å². The lowest BCUT2D eigenvalue weighted by Crippen LogP contribution is -2.39.